The molecule has 150 valence electrons. The zero-order valence-corrected chi connectivity index (χ0v) is 17.2. The number of aromatic nitrogens is 1. The van der Waals surface area contributed by atoms with Gasteiger partial charge in [-0.1, -0.05) is 38.1 Å². The molecular weight excluding hydrogens is 352 g/mol. The molecule has 28 heavy (non-hydrogen) atoms. The van der Waals surface area contributed by atoms with E-state index in [1.807, 2.05) is 37.9 Å². The molecular formula is C23H30N2O3. The van der Waals surface area contributed by atoms with E-state index in [4.69, 9.17) is 4.74 Å². The van der Waals surface area contributed by atoms with Gasteiger partial charge in [-0.3, -0.25) is 4.79 Å². The smallest absolute Gasteiger partial charge is 0.410 e. The summed E-state index contributed by atoms with van der Waals surface area (Å²) in [6.07, 6.45) is 4.32. The SMILES string of the molecule is CCC1CCN([C@@H](CC)c2ccc(-c3ccc(=O)n(C(C)C)c3)cc2)C(=O)O1. The van der Waals surface area contributed by atoms with Gasteiger partial charge >= 0.3 is 6.09 Å². The summed E-state index contributed by atoms with van der Waals surface area (Å²) in [5.74, 6) is 0. The summed E-state index contributed by atoms with van der Waals surface area (Å²) in [5, 5.41) is 0. The normalized spacial score (nSPS) is 18.2. The van der Waals surface area contributed by atoms with Crippen molar-refractivity contribution >= 4 is 6.09 Å². The highest BCUT2D eigenvalue weighted by Gasteiger charge is 2.31. The molecule has 3 rings (SSSR count). The van der Waals surface area contributed by atoms with Gasteiger partial charge in [0.15, 0.2) is 0 Å². The predicted molar refractivity (Wildman–Crippen MR) is 111 cm³/mol. The first-order chi connectivity index (χ1) is 13.4. The topological polar surface area (TPSA) is 51.5 Å². The molecule has 0 N–H and O–H groups in total. The Morgan fingerprint density at radius 2 is 1.71 bits per heavy atom. The number of nitrogens with zero attached hydrogens (tertiary/aromatic N) is 2. The van der Waals surface area contributed by atoms with Crippen LogP contribution in [0, 0.1) is 0 Å². The number of amides is 1. The summed E-state index contributed by atoms with van der Waals surface area (Å²) in [5.41, 5.74) is 3.18. The van der Waals surface area contributed by atoms with Crippen LogP contribution < -0.4 is 5.56 Å². The molecule has 1 aromatic heterocycles. The van der Waals surface area contributed by atoms with Crippen LogP contribution in [-0.2, 0) is 4.74 Å². The summed E-state index contributed by atoms with van der Waals surface area (Å²) < 4.78 is 7.29. The van der Waals surface area contributed by atoms with Crippen molar-refractivity contribution in [2.75, 3.05) is 6.54 Å². The van der Waals surface area contributed by atoms with Crippen LogP contribution in [0.15, 0.2) is 47.4 Å². The van der Waals surface area contributed by atoms with E-state index >= 15 is 0 Å². The number of carbonyl (C=O) groups excluding carboxylic acids is 1. The molecule has 1 saturated heterocycles. The first-order valence-electron chi connectivity index (χ1n) is 10.2. The number of hydrogen-bond donors (Lipinski definition) is 0. The van der Waals surface area contributed by atoms with Gasteiger partial charge in [0.1, 0.15) is 6.10 Å². The van der Waals surface area contributed by atoms with Crippen molar-refractivity contribution in [2.45, 2.75) is 65.1 Å². The average molecular weight is 383 g/mol. The van der Waals surface area contributed by atoms with Crippen molar-refractivity contribution in [3.8, 4) is 11.1 Å². The molecule has 2 aromatic rings. The quantitative estimate of drug-likeness (QED) is 0.693. The Morgan fingerprint density at radius 1 is 1.04 bits per heavy atom. The molecule has 5 nitrogen and oxygen atoms in total. The van der Waals surface area contributed by atoms with Gasteiger partial charge in [-0.05, 0) is 49.4 Å². The summed E-state index contributed by atoms with van der Waals surface area (Å²) in [7, 11) is 0. The third-order valence-corrected chi connectivity index (χ3v) is 5.54. The van der Waals surface area contributed by atoms with Crippen molar-refractivity contribution in [3.63, 3.8) is 0 Å². The molecule has 0 spiro atoms. The summed E-state index contributed by atoms with van der Waals surface area (Å²) in [4.78, 5) is 26.3. The van der Waals surface area contributed by atoms with E-state index in [9.17, 15) is 9.59 Å². The highest BCUT2D eigenvalue weighted by molar-refractivity contribution is 5.69. The van der Waals surface area contributed by atoms with E-state index < -0.39 is 0 Å². The average Bonchev–Trinajstić information content (AvgIpc) is 2.70. The number of carbonyl (C=O) groups is 1. The molecule has 2 heterocycles. The lowest BCUT2D eigenvalue weighted by atomic mass is 9.98. The maximum Gasteiger partial charge on any atom is 0.410 e. The summed E-state index contributed by atoms with van der Waals surface area (Å²) in [6, 6.07) is 11.9. The van der Waals surface area contributed by atoms with Crippen LogP contribution in [0.2, 0.25) is 0 Å². The fourth-order valence-electron chi connectivity index (χ4n) is 3.83. The zero-order valence-electron chi connectivity index (χ0n) is 17.2. The Hall–Kier alpha value is -2.56. The van der Waals surface area contributed by atoms with E-state index in [-0.39, 0.29) is 29.8 Å². The maximum absolute atomic E-state index is 12.4. The molecule has 1 aliphatic rings. The number of ether oxygens (including phenoxy) is 1. The Bertz CT molecular complexity index is 870. The monoisotopic (exact) mass is 382 g/mol. The highest BCUT2D eigenvalue weighted by Crippen LogP contribution is 2.30. The summed E-state index contributed by atoms with van der Waals surface area (Å²) >= 11 is 0. The lowest BCUT2D eigenvalue weighted by Gasteiger charge is -2.36. The van der Waals surface area contributed by atoms with Gasteiger partial charge in [0.25, 0.3) is 5.56 Å². The second-order valence-electron chi connectivity index (χ2n) is 7.70. The van der Waals surface area contributed by atoms with Gasteiger partial charge in [0.2, 0.25) is 0 Å². The number of cyclic esters (lactones) is 1. The first kappa shape index (κ1) is 20.2. The van der Waals surface area contributed by atoms with Crippen molar-refractivity contribution in [2.24, 2.45) is 0 Å². The summed E-state index contributed by atoms with van der Waals surface area (Å²) in [6.45, 7) is 8.88. The predicted octanol–water partition coefficient (Wildman–Crippen LogP) is 5.17. The van der Waals surface area contributed by atoms with Gasteiger partial charge in [-0.15, -0.1) is 0 Å². The van der Waals surface area contributed by atoms with Gasteiger partial charge in [0, 0.05) is 31.3 Å². The fraction of sp³-hybridized carbons (Fsp3) is 0.478. The van der Waals surface area contributed by atoms with Crippen LogP contribution in [0.1, 0.15) is 64.6 Å². The third kappa shape index (κ3) is 4.13. The minimum absolute atomic E-state index is 0.00964. The minimum atomic E-state index is -0.210. The van der Waals surface area contributed by atoms with Gasteiger partial charge < -0.3 is 14.2 Å². The molecule has 0 radical (unpaired) electrons. The Balaban J connectivity index is 1.82. The second-order valence-corrected chi connectivity index (χ2v) is 7.70. The van der Waals surface area contributed by atoms with Crippen molar-refractivity contribution in [1.29, 1.82) is 0 Å². The van der Waals surface area contributed by atoms with Crippen molar-refractivity contribution in [1.82, 2.24) is 9.47 Å². The van der Waals surface area contributed by atoms with Crippen LogP contribution in [0.5, 0.6) is 0 Å². The van der Waals surface area contributed by atoms with E-state index in [1.54, 1.807) is 10.6 Å². The minimum Gasteiger partial charge on any atom is -0.446 e. The largest absolute Gasteiger partial charge is 0.446 e. The number of pyridine rings is 1. The lowest BCUT2D eigenvalue weighted by molar-refractivity contribution is 0.00885. The van der Waals surface area contributed by atoms with Crippen LogP contribution in [0.3, 0.4) is 0 Å². The van der Waals surface area contributed by atoms with E-state index in [0.717, 1.165) is 42.5 Å². The van der Waals surface area contributed by atoms with Gasteiger partial charge in [-0.2, -0.15) is 0 Å². The number of rotatable bonds is 6. The molecule has 0 aliphatic carbocycles. The van der Waals surface area contributed by atoms with Gasteiger partial charge in [-0.25, -0.2) is 4.79 Å². The molecule has 0 bridgehead atoms. The molecule has 1 unspecified atom stereocenters. The Labute approximate surface area is 166 Å². The second kappa shape index (κ2) is 8.63. The van der Waals surface area contributed by atoms with Crippen LogP contribution in [0.25, 0.3) is 11.1 Å². The maximum atomic E-state index is 12.4. The number of benzene rings is 1. The van der Waals surface area contributed by atoms with E-state index in [2.05, 4.69) is 31.2 Å². The molecule has 1 aromatic carbocycles. The third-order valence-electron chi connectivity index (χ3n) is 5.54. The standard InChI is InChI=1S/C23H30N2O3/c1-5-20-13-14-24(23(27)28-20)21(6-2)18-9-7-17(8-10-18)19-11-12-22(26)25(15-19)16(3)4/h7-12,15-16,20-21H,5-6,13-14H2,1-4H3/t20?,21-/m0/s1. The van der Waals surface area contributed by atoms with E-state index in [1.165, 1.54) is 0 Å². The molecule has 5 heteroatoms. The van der Waals surface area contributed by atoms with Crippen molar-refractivity contribution in [3.05, 3.63) is 58.5 Å². The highest BCUT2D eigenvalue weighted by atomic mass is 16.6. The Kier molecular flexibility index (Phi) is 6.22. The van der Waals surface area contributed by atoms with Crippen LogP contribution in [0.4, 0.5) is 4.79 Å². The number of hydrogen-bond acceptors (Lipinski definition) is 3. The zero-order chi connectivity index (χ0) is 20.3. The molecule has 1 fully saturated rings. The van der Waals surface area contributed by atoms with Crippen LogP contribution in [-0.4, -0.2) is 28.2 Å². The fourth-order valence-corrected chi connectivity index (χ4v) is 3.83. The van der Waals surface area contributed by atoms with Crippen LogP contribution >= 0.6 is 0 Å². The van der Waals surface area contributed by atoms with Crippen molar-refractivity contribution < 1.29 is 9.53 Å². The first-order valence-corrected chi connectivity index (χ1v) is 10.2. The lowest BCUT2D eigenvalue weighted by Crippen LogP contribution is -2.43. The Morgan fingerprint density at radius 3 is 2.29 bits per heavy atom. The molecule has 0 saturated carbocycles. The van der Waals surface area contributed by atoms with Gasteiger partial charge in [0.05, 0.1) is 6.04 Å². The molecule has 1 aliphatic heterocycles. The molecule has 1 amide bonds. The van der Waals surface area contributed by atoms with E-state index in [0.29, 0.717) is 0 Å². The molecule has 2 atom stereocenters.